The van der Waals surface area contributed by atoms with E-state index in [0.717, 1.165) is 6.42 Å². The van der Waals surface area contributed by atoms with E-state index in [-0.39, 0.29) is 11.9 Å². The van der Waals surface area contributed by atoms with E-state index in [1.54, 1.807) is 28.6 Å². The number of hydrogen-bond donors (Lipinski definition) is 0. The van der Waals surface area contributed by atoms with E-state index in [9.17, 15) is 9.90 Å². The number of aromatic carboxylic acids is 1. The average molecular weight is 182 g/mol. The van der Waals surface area contributed by atoms with Crippen LogP contribution in [0.5, 0.6) is 0 Å². The summed E-state index contributed by atoms with van der Waals surface area (Å²) in [5.74, 6) is -0.915. The van der Waals surface area contributed by atoms with Crippen LogP contribution in [0.2, 0.25) is 0 Å². The van der Waals surface area contributed by atoms with Gasteiger partial charge in [0.25, 0.3) is 0 Å². The van der Waals surface area contributed by atoms with Crippen LogP contribution in [0.4, 0.5) is 0 Å². The molecule has 0 aromatic carbocycles. The van der Waals surface area contributed by atoms with E-state index < -0.39 is 5.97 Å². The first-order valence-corrected chi connectivity index (χ1v) is 4.35. The van der Waals surface area contributed by atoms with Crippen LogP contribution in [-0.2, 0) is 7.05 Å². The van der Waals surface area contributed by atoms with Crippen molar-refractivity contribution in [2.45, 2.75) is 26.3 Å². The van der Waals surface area contributed by atoms with Crippen LogP contribution in [0.3, 0.4) is 0 Å². The molecule has 4 nitrogen and oxygen atoms in total. The molecule has 0 aliphatic carbocycles. The van der Waals surface area contributed by atoms with E-state index in [1.807, 2.05) is 13.8 Å². The number of nitrogens with zero attached hydrogens (tertiary/aromatic N) is 2. The minimum atomic E-state index is -1.13. The Morgan fingerprint density at radius 1 is 1.77 bits per heavy atom. The zero-order valence-corrected chi connectivity index (χ0v) is 8.15. The second-order valence-corrected chi connectivity index (χ2v) is 3.18. The van der Waals surface area contributed by atoms with Crippen molar-refractivity contribution in [1.82, 2.24) is 4.57 Å². The third-order valence-electron chi connectivity index (χ3n) is 2.28. The van der Waals surface area contributed by atoms with Crippen LogP contribution in [-0.4, -0.2) is 10.5 Å². The van der Waals surface area contributed by atoms with E-state index in [1.165, 1.54) is 0 Å². The van der Waals surface area contributed by atoms with Gasteiger partial charge in [0.2, 0.25) is 0 Å². The third-order valence-corrected chi connectivity index (χ3v) is 2.28. The Labute approximate surface area is 77.4 Å². The van der Waals surface area contributed by atoms with Gasteiger partial charge >= 0.3 is 5.82 Å². The first-order valence-electron chi connectivity index (χ1n) is 4.35. The van der Waals surface area contributed by atoms with Gasteiger partial charge in [0, 0.05) is 0 Å². The smallest absolute Gasteiger partial charge is 0.304 e. The summed E-state index contributed by atoms with van der Waals surface area (Å²) >= 11 is 0. The number of carboxylic acids is 1. The largest absolute Gasteiger partial charge is 0.538 e. The second kappa shape index (κ2) is 3.60. The number of aryl methyl sites for hydroxylation is 1. The molecule has 0 saturated heterocycles. The number of carbonyl (C=O) groups is 1. The molecule has 0 radical (unpaired) electrons. The summed E-state index contributed by atoms with van der Waals surface area (Å²) in [7, 11) is 1.70. The van der Waals surface area contributed by atoms with Gasteiger partial charge in [-0.3, -0.25) is 0 Å². The van der Waals surface area contributed by atoms with Gasteiger partial charge in [0.05, 0.1) is 13.1 Å². The van der Waals surface area contributed by atoms with Gasteiger partial charge in [-0.15, -0.1) is 0 Å². The summed E-state index contributed by atoms with van der Waals surface area (Å²) in [5.41, 5.74) is 0. The highest BCUT2D eigenvalue weighted by Gasteiger charge is 2.19. The second-order valence-electron chi connectivity index (χ2n) is 3.18. The maximum Gasteiger partial charge on any atom is 0.304 e. The van der Waals surface area contributed by atoms with Gasteiger partial charge < -0.3 is 9.90 Å². The van der Waals surface area contributed by atoms with Crippen LogP contribution in [0, 0.1) is 0 Å². The van der Waals surface area contributed by atoms with Crippen LogP contribution in [0.1, 0.15) is 36.9 Å². The standard InChI is InChI=1S/C9H14N2O2/c1-4-7(2)11-6-5-10(3)8(11)9(12)13/h5-7H,4H2,1-3H3. The molecule has 1 rings (SSSR count). The minimum absolute atomic E-state index is 0.189. The Morgan fingerprint density at radius 2 is 2.38 bits per heavy atom. The molecule has 0 fully saturated rings. The average Bonchev–Trinajstić information content (AvgIpc) is 2.45. The maximum atomic E-state index is 10.8. The molecule has 0 N–H and O–H groups in total. The van der Waals surface area contributed by atoms with Gasteiger partial charge in [0.15, 0.2) is 5.97 Å². The van der Waals surface area contributed by atoms with E-state index in [2.05, 4.69) is 0 Å². The molecule has 1 unspecified atom stereocenters. The van der Waals surface area contributed by atoms with Crippen molar-refractivity contribution < 1.29 is 14.5 Å². The zero-order chi connectivity index (χ0) is 10.0. The van der Waals surface area contributed by atoms with Crippen LogP contribution >= 0.6 is 0 Å². The number of aromatic nitrogens is 2. The summed E-state index contributed by atoms with van der Waals surface area (Å²) in [6.45, 7) is 4.00. The Bertz CT molecular complexity index is 317. The van der Waals surface area contributed by atoms with Crippen LogP contribution in [0.15, 0.2) is 12.4 Å². The molecule has 0 spiro atoms. The van der Waals surface area contributed by atoms with Crippen molar-refractivity contribution in [3.8, 4) is 0 Å². The number of hydrogen-bond acceptors (Lipinski definition) is 2. The molecular formula is C9H14N2O2. The topological polar surface area (TPSA) is 48.9 Å². The molecule has 0 aliphatic heterocycles. The predicted octanol–water partition coefficient (Wildman–Crippen LogP) is -0.353. The van der Waals surface area contributed by atoms with Crippen molar-refractivity contribution in [1.29, 1.82) is 0 Å². The van der Waals surface area contributed by atoms with Gasteiger partial charge in [-0.1, -0.05) is 6.92 Å². The number of carbonyl (C=O) groups excluding carboxylic acids is 1. The van der Waals surface area contributed by atoms with E-state index >= 15 is 0 Å². The maximum absolute atomic E-state index is 10.8. The molecule has 1 atom stereocenters. The third kappa shape index (κ3) is 1.71. The highest BCUT2D eigenvalue weighted by Crippen LogP contribution is 2.10. The van der Waals surface area contributed by atoms with Crippen molar-refractivity contribution in [2.24, 2.45) is 7.05 Å². The zero-order valence-electron chi connectivity index (χ0n) is 8.15. The lowest BCUT2D eigenvalue weighted by molar-refractivity contribution is -0.675. The Kier molecular flexibility index (Phi) is 2.70. The fraction of sp³-hybridized carbons (Fsp3) is 0.556. The molecule has 1 aromatic heterocycles. The van der Waals surface area contributed by atoms with Gasteiger partial charge in [0.1, 0.15) is 12.4 Å². The molecule has 0 aliphatic rings. The molecular weight excluding hydrogens is 168 g/mol. The normalized spacial score (nSPS) is 12.8. The van der Waals surface area contributed by atoms with Crippen molar-refractivity contribution in [2.75, 3.05) is 0 Å². The molecule has 13 heavy (non-hydrogen) atoms. The molecule has 72 valence electrons. The number of imidazole rings is 1. The Hall–Kier alpha value is -1.32. The van der Waals surface area contributed by atoms with E-state index in [0.29, 0.717) is 0 Å². The highest BCUT2D eigenvalue weighted by atomic mass is 16.4. The van der Waals surface area contributed by atoms with Crippen molar-refractivity contribution in [3.05, 3.63) is 18.2 Å². The lowest BCUT2D eigenvalue weighted by Crippen LogP contribution is -2.41. The summed E-state index contributed by atoms with van der Waals surface area (Å²) in [6, 6.07) is 0.189. The first kappa shape index (κ1) is 9.77. The number of rotatable bonds is 3. The van der Waals surface area contributed by atoms with Crippen molar-refractivity contribution >= 4 is 5.97 Å². The van der Waals surface area contributed by atoms with Crippen LogP contribution < -0.4 is 9.67 Å². The molecule has 1 aromatic rings. The SMILES string of the molecule is CCC(C)n1cc[n+](C)c1C(=O)[O-]. The Morgan fingerprint density at radius 3 is 2.85 bits per heavy atom. The number of carboxylic acid groups (broad SMARTS) is 1. The fourth-order valence-electron chi connectivity index (χ4n) is 1.30. The summed E-state index contributed by atoms with van der Waals surface area (Å²) in [5, 5.41) is 10.8. The first-order chi connectivity index (χ1) is 6.07. The summed E-state index contributed by atoms with van der Waals surface area (Å²) < 4.78 is 3.27. The molecule has 0 saturated carbocycles. The quantitative estimate of drug-likeness (QED) is 0.600. The molecule has 0 amide bonds. The predicted molar refractivity (Wildman–Crippen MR) is 44.9 cm³/mol. The molecule has 4 heteroatoms. The van der Waals surface area contributed by atoms with Gasteiger partial charge in [-0.05, 0) is 13.3 Å². The van der Waals surface area contributed by atoms with Crippen molar-refractivity contribution in [3.63, 3.8) is 0 Å². The molecule has 1 heterocycles. The molecule has 0 bridgehead atoms. The fourth-order valence-corrected chi connectivity index (χ4v) is 1.30. The lowest BCUT2D eigenvalue weighted by Gasteiger charge is -2.08. The van der Waals surface area contributed by atoms with E-state index in [4.69, 9.17) is 0 Å². The summed E-state index contributed by atoms with van der Waals surface area (Å²) in [4.78, 5) is 10.8. The summed E-state index contributed by atoms with van der Waals surface area (Å²) in [6.07, 6.45) is 4.38. The van der Waals surface area contributed by atoms with Crippen LogP contribution in [0.25, 0.3) is 0 Å². The highest BCUT2D eigenvalue weighted by molar-refractivity contribution is 5.79. The Balaban J connectivity index is 3.14. The van der Waals surface area contributed by atoms with Gasteiger partial charge in [-0.25, -0.2) is 9.13 Å². The van der Waals surface area contributed by atoms with Gasteiger partial charge in [-0.2, -0.15) is 0 Å². The minimum Gasteiger partial charge on any atom is -0.538 e. The lowest BCUT2D eigenvalue weighted by atomic mass is 10.2. The monoisotopic (exact) mass is 182 g/mol.